The summed E-state index contributed by atoms with van der Waals surface area (Å²) in [7, 11) is 3.10. The van der Waals surface area contributed by atoms with Gasteiger partial charge in [0.25, 0.3) is 0 Å². The summed E-state index contributed by atoms with van der Waals surface area (Å²) in [5, 5.41) is 2.82. The van der Waals surface area contributed by atoms with Crippen molar-refractivity contribution >= 4 is 11.9 Å². The van der Waals surface area contributed by atoms with E-state index >= 15 is 0 Å². The minimum atomic E-state index is -0.453. The molecule has 0 aliphatic rings. The number of methoxy groups -OCH3 is 1. The van der Waals surface area contributed by atoms with Crippen molar-refractivity contribution in [3.05, 3.63) is 58.8 Å². The molecule has 7 heteroatoms. The number of esters is 1. The third-order valence-electron chi connectivity index (χ3n) is 4.20. The second-order valence-electron chi connectivity index (χ2n) is 6.11. The highest BCUT2D eigenvalue weighted by Crippen LogP contribution is 2.17. The summed E-state index contributed by atoms with van der Waals surface area (Å²) in [5.74, 6) is 0.129. The number of hydrogen-bond donors (Lipinski definition) is 1. The molecule has 1 N–H and O–H groups in total. The molecule has 0 fully saturated rings. The largest absolute Gasteiger partial charge is 0.465 e. The van der Waals surface area contributed by atoms with Crippen molar-refractivity contribution in [1.82, 2.24) is 10.2 Å². The number of ether oxygens (including phenoxy) is 1. The van der Waals surface area contributed by atoms with E-state index in [1.165, 1.54) is 19.2 Å². The van der Waals surface area contributed by atoms with Crippen LogP contribution in [0.1, 0.15) is 34.4 Å². The molecule has 1 aromatic heterocycles. The summed E-state index contributed by atoms with van der Waals surface area (Å²) in [4.78, 5) is 25.7. The fourth-order valence-electron chi connectivity index (χ4n) is 2.46. The first-order chi connectivity index (χ1) is 12.3. The van der Waals surface area contributed by atoms with Crippen molar-refractivity contribution in [3.63, 3.8) is 0 Å². The fraction of sp³-hybridized carbons (Fsp3) is 0.368. The number of rotatable bonds is 7. The summed E-state index contributed by atoms with van der Waals surface area (Å²) < 4.78 is 23.2. The van der Waals surface area contributed by atoms with Crippen LogP contribution in [0.5, 0.6) is 0 Å². The predicted octanol–water partition coefficient (Wildman–Crippen LogP) is 2.65. The average Bonchev–Trinajstić information content (AvgIpc) is 2.99. The quantitative estimate of drug-likeness (QED) is 0.767. The summed E-state index contributed by atoms with van der Waals surface area (Å²) in [6.07, 6.45) is 0. The number of likely N-dealkylation sites (N-methyl/N-ethyl adjacent to an activating group) is 1. The zero-order valence-electron chi connectivity index (χ0n) is 15.3. The maximum atomic E-state index is 12.9. The Morgan fingerprint density at radius 3 is 2.58 bits per heavy atom. The zero-order chi connectivity index (χ0) is 19.3. The molecule has 2 aromatic rings. The van der Waals surface area contributed by atoms with E-state index in [0.717, 1.165) is 5.56 Å². The van der Waals surface area contributed by atoms with Crippen molar-refractivity contribution in [2.75, 3.05) is 14.2 Å². The van der Waals surface area contributed by atoms with Gasteiger partial charge in [0.2, 0.25) is 5.91 Å². The number of benzene rings is 1. The van der Waals surface area contributed by atoms with Crippen LogP contribution >= 0.6 is 0 Å². The van der Waals surface area contributed by atoms with Gasteiger partial charge in [-0.1, -0.05) is 12.1 Å². The van der Waals surface area contributed by atoms with Gasteiger partial charge in [-0.05, 0) is 44.7 Å². The smallest absolute Gasteiger partial charge is 0.341 e. The van der Waals surface area contributed by atoms with E-state index in [0.29, 0.717) is 30.2 Å². The van der Waals surface area contributed by atoms with Crippen LogP contribution in [0, 0.1) is 12.7 Å². The van der Waals surface area contributed by atoms with Crippen LogP contribution in [0.15, 0.2) is 34.7 Å². The molecule has 1 amide bonds. The topological polar surface area (TPSA) is 71.8 Å². The predicted molar refractivity (Wildman–Crippen MR) is 94.0 cm³/mol. The maximum absolute atomic E-state index is 12.9. The lowest BCUT2D eigenvalue weighted by atomic mass is 10.2. The van der Waals surface area contributed by atoms with Crippen molar-refractivity contribution in [2.45, 2.75) is 33.0 Å². The highest BCUT2D eigenvalue weighted by Gasteiger charge is 2.21. The van der Waals surface area contributed by atoms with E-state index in [1.807, 2.05) is 0 Å². The molecule has 1 heterocycles. The van der Waals surface area contributed by atoms with E-state index < -0.39 is 12.0 Å². The number of halogens is 1. The molecule has 6 nitrogen and oxygen atoms in total. The third kappa shape index (κ3) is 4.92. The second kappa shape index (κ2) is 8.62. The van der Waals surface area contributed by atoms with Gasteiger partial charge < -0.3 is 14.5 Å². The summed E-state index contributed by atoms with van der Waals surface area (Å²) in [6, 6.07) is 7.18. The summed E-state index contributed by atoms with van der Waals surface area (Å²) >= 11 is 0. The van der Waals surface area contributed by atoms with Gasteiger partial charge in [0.05, 0.1) is 19.7 Å². The molecule has 0 radical (unpaired) electrons. The first-order valence-electron chi connectivity index (χ1n) is 8.21. The maximum Gasteiger partial charge on any atom is 0.341 e. The van der Waals surface area contributed by atoms with Crippen molar-refractivity contribution in [2.24, 2.45) is 0 Å². The van der Waals surface area contributed by atoms with Crippen LogP contribution in [0.4, 0.5) is 4.39 Å². The van der Waals surface area contributed by atoms with Crippen molar-refractivity contribution in [3.8, 4) is 0 Å². The van der Waals surface area contributed by atoms with E-state index in [4.69, 9.17) is 9.15 Å². The fourth-order valence-corrected chi connectivity index (χ4v) is 2.46. The lowest BCUT2D eigenvalue weighted by Crippen LogP contribution is -2.42. The highest BCUT2D eigenvalue weighted by molar-refractivity contribution is 5.90. The van der Waals surface area contributed by atoms with Crippen LogP contribution in [0.2, 0.25) is 0 Å². The third-order valence-corrected chi connectivity index (χ3v) is 4.20. The van der Waals surface area contributed by atoms with E-state index in [9.17, 15) is 14.0 Å². The van der Waals surface area contributed by atoms with Gasteiger partial charge in [0, 0.05) is 6.54 Å². The molecular weight excluding hydrogens is 339 g/mol. The molecule has 0 saturated heterocycles. The Hall–Kier alpha value is -2.67. The Kier molecular flexibility index (Phi) is 6.52. The molecule has 140 valence electrons. The van der Waals surface area contributed by atoms with Gasteiger partial charge in [-0.3, -0.25) is 9.69 Å². The number of aryl methyl sites for hydroxylation is 1. The number of nitrogens with one attached hydrogen (secondary N) is 1. The minimum Gasteiger partial charge on any atom is -0.465 e. The molecule has 0 bridgehead atoms. The number of carbonyl (C=O) groups excluding carboxylic acids is 2. The monoisotopic (exact) mass is 362 g/mol. The van der Waals surface area contributed by atoms with Gasteiger partial charge in [-0.25, -0.2) is 9.18 Å². The van der Waals surface area contributed by atoms with E-state index in [-0.39, 0.29) is 11.7 Å². The van der Waals surface area contributed by atoms with Gasteiger partial charge >= 0.3 is 5.97 Å². The first-order valence-corrected chi connectivity index (χ1v) is 8.21. The molecular formula is C19H23FN2O4. The Morgan fingerprint density at radius 1 is 1.31 bits per heavy atom. The van der Waals surface area contributed by atoms with Crippen LogP contribution < -0.4 is 5.32 Å². The zero-order valence-corrected chi connectivity index (χ0v) is 15.3. The highest BCUT2D eigenvalue weighted by atomic mass is 19.1. The summed E-state index contributed by atoms with van der Waals surface area (Å²) in [5.41, 5.74) is 1.20. The molecule has 1 atom stereocenters. The van der Waals surface area contributed by atoms with Crippen molar-refractivity contribution < 1.29 is 23.1 Å². The first kappa shape index (κ1) is 19.7. The van der Waals surface area contributed by atoms with Gasteiger partial charge in [0.15, 0.2) is 0 Å². The van der Waals surface area contributed by atoms with E-state index in [1.54, 1.807) is 44.0 Å². The lowest BCUT2D eigenvalue weighted by molar-refractivity contribution is -0.125. The number of amides is 1. The Balaban J connectivity index is 1.91. The molecule has 1 aromatic carbocycles. The molecule has 26 heavy (non-hydrogen) atoms. The Labute approximate surface area is 151 Å². The van der Waals surface area contributed by atoms with Crippen LogP contribution in [0.3, 0.4) is 0 Å². The van der Waals surface area contributed by atoms with Gasteiger partial charge in [-0.2, -0.15) is 0 Å². The van der Waals surface area contributed by atoms with Gasteiger partial charge in [-0.15, -0.1) is 0 Å². The average molecular weight is 362 g/mol. The number of furan rings is 1. The molecule has 0 saturated carbocycles. The molecule has 0 aliphatic carbocycles. The van der Waals surface area contributed by atoms with Crippen LogP contribution in [-0.2, 0) is 22.6 Å². The Bertz CT molecular complexity index is 770. The van der Waals surface area contributed by atoms with Crippen molar-refractivity contribution in [1.29, 1.82) is 0 Å². The molecule has 0 aliphatic heterocycles. The Morgan fingerprint density at radius 2 is 1.96 bits per heavy atom. The van der Waals surface area contributed by atoms with E-state index in [2.05, 4.69) is 5.32 Å². The van der Waals surface area contributed by atoms with Crippen LogP contribution in [-0.4, -0.2) is 37.0 Å². The SMILES string of the molecule is COC(=O)c1cc(CN(C)C(C)C(=O)NCc2ccc(F)cc2)oc1C. The molecule has 1 unspecified atom stereocenters. The summed E-state index contributed by atoms with van der Waals surface area (Å²) in [6.45, 7) is 4.15. The standard InChI is InChI=1S/C19H23FN2O4/c1-12(18(23)21-10-14-5-7-15(20)8-6-14)22(3)11-16-9-17(13(2)26-16)19(24)25-4/h5-9,12H,10-11H2,1-4H3,(H,21,23). The second-order valence-corrected chi connectivity index (χ2v) is 6.11. The minimum absolute atomic E-state index is 0.159. The number of carbonyl (C=O) groups is 2. The van der Waals surface area contributed by atoms with Gasteiger partial charge in [0.1, 0.15) is 22.9 Å². The molecule has 2 rings (SSSR count). The van der Waals surface area contributed by atoms with Crippen LogP contribution in [0.25, 0.3) is 0 Å². The lowest BCUT2D eigenvalue weighted by Gasteiger charge is -2.22. The normalized spacial score (nSPS) is 12.1. The molecule has 0 spiro atoms. The number of nitrogens with zero attached hydrogens (tertiary/aromatic N) is 1. The number of hydrogen-bond acceptors (Lipinski definition) is 5.